The molecule has 372 valence electrons. The van der Waals surface area contributed by atoms with Crippen LogP contribution in [0.15, 0.2) is 96.2 Å². The fourth-order valence-corrected chi connectivity index (χ4v) is 9.79. The number of nitrogens with zero attached hydrogens (tertiary/aromatic N) is 10. The van der Waals surface area contributed by atoms with Gasteiger partial charge in [-0.1, -0.05) is 65.3 Å². The van der Waals surface area contributed by atoms with E-state index in [9.17, 15) is 9.59 Å². The van der Waals surface area contributed by atoms with Crippen LogP contribution in [0.25, 0.3) is 55.0 Å². The number of carbonyl (C=O) groups is 2. The number of halogens is 2. The number of hydrogen-bond donors (Lipinski definition) is 0. The molecule has 0 amide bonds. The number of carbonyl (C=O) groups excluding carboxylic acids is 2. The summed E-state index contributed by atoms with van der Waals surface area (Å²) in [4.78, 5) is 52.2. The molecule has 0 aromatic carbocycles. The first-order valence-corrected chi connectivity index (χ1v) is 33.4. The zero-order valence-corrected chi connectivity index (χ0v) is 49.7. The number of thiophene rings is 2. The molecule has 12 nitrogen and oxygen atoms in total. The van der Waals surface area contributed by atoms with Crippen molar-refractivity contribution in [3.63, 3.8) is 0 Å². The summed E-state index contributed by atoms with van der Waals surface area (Å²) >= 11 is 13.9. The molecule has 0 fully saturated rings. The Balaban J connectivity index is 0.000000243. The minimum absolute atomic E-state index is 0.0678. The van der Waals surface area contributed by atoms with Gasteiger partial charge in [0.25, 0.3) is 0 Å². The van der Waals surface area contributed by atoms with E-state index >= 15 is 0 Å². The Labute approximate surface area is 449 Å². The molecule has 2 atom stereocenters. The Hall–Kier alpha value is -4.41. The molecule has 0 aliphatic carbocycles. The van der Waals surface area contributed by atoms with E-state index in [2.05, 4.69) is 100 Å². The molecule has 0 aliphatic heterocycles. The summed E-state index contributed by atoms with van der Waals surface area (Å²) in [6, 6.07) is 20.1. The molecule has 17 heteroatoms. The van der Waals surface area contributed by atoms with Crippen molar-refractivity contribution in [1.82, 2.24) is 49.0 Å². The number of rotatable bonds is 19. The van der Waals surface area contributed by atoms with E-state index in [0.29, 0.717) is 47.4 Å². The molecule has 8 aromatic rings. The van der Waals surface area contributed by atoms with Crippen molar-refractivity contribution in [3.05, 3.63) is 125 Å². The first-order chi connectivity index (χ1) is 34.3. The Morgan fingerprint density at radius 1 is 0.648 bits per heavy atom. The van der Waals surface area contributed by atoms with Crippen LogP contribution < -0.4 is 0 Å². The first-order valence-electron chi connectivity index (χ1n) is 24.3. The minimum atomic E-state index is 0.0678. The molecule has 0 saturated carbocycles. The number of Topliss-reactive ketones (excluding diaryl/α,β-unsaturated/α-hetero) is 2. The summed E-state index contributed by atoms with van der Waals surface area (Å²) in [6.07, 6.45) is 12.0. The average molecular weight is 1130 g/mol. The van der Waals surface area contributed by atoms with Crippen molar-refractivity contribution in [2.24, 2.45) is 0 Å². The van der Waals surface area contributed by atoms with Gasteiger partial charge in [0, 0.05) is 54.1 Å². The fraction of sp³-hybridized carbons (Fsp3) is 0.389. The SMILES string of the molecule is CCN(CC)[C@@H](C)CCC(=O)c1cc(-c2cnn3ccc(-c4cccs4)nc23)nc(C(C)C)c1.CCN(CC)[C@@H](C)CCC(=O)c1cc(Cl)nc(-c2cnn3ccc(-c4cccs4)nc23)c1.C[CH-]C.[Zn+][Br]. The molecule has 8 heterocycles. The zero-order chi connectivity index (χ0) is 51.6. The van der Waals surface area contributed by atoms with Gasteiger partial charge < -0.3 is 16.2 Å². The summed E-state index contributed by atoms with van der Waals surface area (Å²) in [5.74, 6) is 0.434. The van der Waals surface area contributed by atoms with Gasteiger partial charge in [0.05, 0.1) is 56.1 Å². The maximum absolute atomic E-state index is 13.2. The fourth-order valence-electron chi connectivity index (χ4n) is 8.19. The van der Waals surface area contributed by atoms with Crippen LogP contribution in [-0.2, 0) is 16.3 Å². The Bertz CT molecular complexity index is 2900. The predicted octanol–water partition coefficient (Wildman–Crippen LogP) is 14.3. The molecule has 0 saturated heterocycles. The second-order valence-corrected chi connectivity index (χ2v) is 19.5. The molecular weight excluding hydrogens is 1070 g/mol. The normalized spacial score (nSPS) is 12.1. The van der Waals surface area contributed by atoms with Crippen LogP contribution in [0.3, 0.4) is 0 Å². The van der Waals surface area contributed by atoms with Gasteiger partial charge in [-0.25, -0.2) is 24.0 Å². The van der Waals surface area contributed by atoms with E-state index in [4.69, 9.17) is 26.6 Å². The van der Waals surface area contributed by atoms with E-state index in [-0.39, 0.29) is 22.6 Å². The van der Waals surface area contributed by atoms with Crippen LogP contribution in [0.5, 0.6) is 0 Å². The van der Waals surface area contributed by atoms with Crippen LogP contribution in [0.4, 0.5) is 0 Å². The Morgan fingerprint density at radius 3 is 1.46 bits per heavy atom. The van der Waals surface area contributed by atoms with Gasteiger partial charge in [0.1, 0.15) is 5.15 Å². The molecular formula is C54H66BrClN10O2S2Zn. The van der Waals surface area contributed by atoms with Crippen molar-refractivity contribution >= 4 is 70.8 Å². The van der Waals surface area contributed by atoms with Gasteiger partial charge in [-0.15, -0.1) is 22.7 Å². The molecule has 0 spiro atoms. The van der Waals surface area contributed by atoms with Crippen LogP contribution in [0, 0.1) is 6.42 Å². The summed E-state index contributed by atoms with van der Waals surface area (Å²) in [6.45, 7) is 25.1. The van der Waals surface area contributed by atoms with Gasteiger partial charge in [0.2, 0.25) is 0 Å². The molecule has 0 N–H and O–H groups in total. The third-order valence-electron chi connectivity index (χ3n) is 12.2. The van der Waals surface area contributed by atoms with E-state index in [1.165, 1.54) is 16.3 Å². The standard InChI is InChI=1S/C27H33N5OS.C24H26ClN5OS.C3H7.BrH.Zn/c1-6-31(7-2)19(5)10-11-25(33)20-15-23(18(3)4)29-24(16-20)21-17-28-32-13-12-22(30-27(21)32)26-9-8-14-34-26;1-4-29(5-2)16(3)8-9-21(31)17-13-20(27-23(25)14-17)18-15-26-30-11-10-19(28-24(18)30)22-7-6-12-32-22;1-3-2;;/h8-9,12-19H,6-7,10-11H2,1-5H3;6-7,10-16H,4-5,8-9H2,1-3H3;3H,1-2H3;1H;/q;;-1;;+2/p-1/t19-;16-;;;/m00.../s1. The second-order valence-electron chi connectivity index (χ2n) is 17.3. The number of pyridine rings is 2. The van der Waals surface area contributed by atoms with Crippen LogP contribution >= 0.6 is 47.9 Å². The summed E-state index contributed by atoms with van der Waals surface area (Å²) in [5, 5.41) is 13.3. The van der Waals surface area contributed by atoms with Gasteiger partial charge in [0.15, 0.2) is 22.9 Å². The number of hydrogen-bond acceptors (Lipinski definition) is 12. The number of aromatic nitrogens is 8. The number of fused-ring (bicyclic) bond motifs is 2. The molecule has 8 aromatic heterocycles. The Kier molecular flexibility index (Phi) is 23.3. The molecule has 0 aliphatic rings. The maximum atomic E-state index is 13.2. The molecule has 8 rings (SSSR count). The topological polar surface area (TPSA) is 127 Å². The van der Waals surface area contributed by atoms with Gasteiger partial charge >= 0.3 is 30.0 Å². The second kappa shape index (κ2) is 28.7. The summed E-state index contributed by atoms with van der Waals surface area (Å²) < 4.78 is 3.48. The van der Waals surface area contributed by atoms with Crippen molar-refractivity contribution in [3.8, 4) is 43.7 Å². The number of ketones is 2. The monoisotopic (exact) mass is 1130 g/mol. The molecule has 0 bridgehead atoms. The molecule has 0 unspecified atom stereocenters. The summed E-state index contributed by atoms with van der Waals surface area (Å²) in [7, 11) is 0. The predicted molar refractivity (Wildman–Crippen MR) is 295 cm³/mol. The van der Waals surface area contributed by atoms with Crippen LogP contribution in [0.1, 0.15) is 127 Å². The van der Waals surface area contributed by atoms with Crippen molar-refractivity contribution in [2.45, 2.75) is 113 Å². The van der Waals surface area contributed by atoms with Crippen molar-refractivity contribution in [1.29, 1.82) is 0 Å². The van der Waals surface area contributed by atoms with E-state index in [1.807, 2.05) is 85.9 Å². The summed E-state index contributed by atoms with van der Waals surface area (Å²) in [5.41, 5.74) is 8.33. The van der Waals surface area contributed by atoms with E-state index in [1.54, 1.807) is 56.2 Å². The van der Waals surface area contributed by atoms with Crippen LogP contribution in [-0.4, -0.2) is 98.8 Å². The Morgan fingerprint density at radius 2 is 1.07 bits per heavy atom. The van der Waals surface area contributed by atoms with Crippen LogP contribution in [0.2, 0.25) is 5.15 Å². The van der Waals surface area contributed by atoms with E-state index in [0.717, 1.165) is 88.3 Å². The van der Waals surface area contributed by atoms with Crippen molar-refractivity contribution in [2.75, 3.05) is 26.2 Å². The quantitative estimate of drug-likeness (QED) is 0.0334. The van der Waals surface area contributed by atoms with Gasteiger partial charge in [-0.3, -0.25) is 14.6 Å². The third kappa shape index (κ3) is 15.3. The van der Waals surface area contributed by atoms with Gasteiger partial charge in [-0.05, 0) is 118 Å². The average Bonchev–Trinajstić information content (AvgIpc) is 4.24. The third-order valence-corrected chi connectivity index (χ3v) is 14.1. The zero-order valence-electron chi connectivity index (χ0n) is 42.8. The molecule has 71 heavy (non-hydrogen) atoms. The van der Waals surface area contributed by atoms with Gasteiger partial charge in [-0.2, -0.15) is 24.0 Å². The van der Waals surface area contributed by atoms with E-state index < -0.39 is 0 Å². The van der Waals surface area contributed by atoms with Crippen molar-refractivity contribution < 1.29 is 25.9 Å². The molecule has 0 radical (unpaired) electrons. The first kappa shape index (κ1) is 57.5.